The van der Waals surface area contributed by atoms with Crippen molar-refractivity contribution in [1.29, 1.82) is 0 Å². The number of carbonyl (C=O) groups is 1. The predicted octanol–water partition coefficient (Wildman–Crippen LogP) is 3.51. The number of fused-ring (bicyclic) bond motifs is 1. The summed E-state index contributed by atoms with van der Waals surface area (Å²) in [5.74, 6) is -0.247. The fourth-order valence-electron chi connectivity index (χ4n) is 2.20. The number of amides is 1. The van der Waals surface area contributed by atoms with Crippen molar-refractivity contribution in [3.8, 4) is 0 Å². The first kappa shape index (κ1) is 17.7. The molecule has 0 atom stereocenters. The van der Waals surface area contributed by atoms with Crippen LogP contribution in [0.3, 0.4) is 0 Å². The first-order valence-corrected chi connectivity index (χ1v) is 9.05. The molecule has 0 aliphatic carbocycles. The van der Waals surface area contributed by atoms with Crippen molar-refractivity contribution in [1.82, 2.24) is 15.3 Å². The van der Waals surface area contributed by atoms with Crippen LogP contribution in [0.25, 0.3) is 11.0 Å². The molecule has 128 valence electrons. The van der Waals surface area contributed by atoms with Gasteiger partial charge in [-0.3, -0.25) is 4.79 Å². The van der Waals surface area contributed by atoms with Gasteiger partial charge in [0.2, 0.25) is 0 Å². The van der Waals surface area contributed by atoms with Crippen molar-refractivity contribution < 1.29 is 4.79 Å². The van der Waals surface area contributed by atoms with Gasteiger partial charge in [0.1, 0.15) is 5.03 Å². The minimum Gasteiger partial charge on any atom is -0.351 e. The predicted molar refractivity (Wildman–Crippen MR) is 101 cm³/mol. The summed E-state index contributed by atoms with van der Waals surface area (Å²) in [6.45, 7) is 1.03. The van der Waals surface area contributed by atoms with Crippen LogP contribution in [0.5, 0.6) is 0 Å². The first-order valence-electron chi connectivity index (χ1n) is 7.86. The molecule has 5 nitrogen and oxygen atoms in total. The summed E-state index contributed by atoms with van der Waals surface area (Å²) in [4.78, 5) is 22.6. The van der Waals surface area contributed by atoms with E-state index in [1.807, 2.05) is 36.4 Å². The molecule has 1 amide bonds. The smallest absolute Gasteiger partial charge is 0.272 e. The van der Waals surface area contributed by atoms with Crippen molar-refractivity contribution in [3.63, 3.8) is 0 Å². The summed E-state index contributed by atoms with van der Waals surface area (Å²) >= 11 is 7.32. The maximum absolute atomic E-state index is 12.5. The molecule has 1 heterocycles. The molecule has 0 bridgehead atoms. The number of hydrogen-bond acceptors (Lipinski definition) is 5. The van der Waals surface area contributed by atoms with Crippen LogP contribution >= 0.6 is 23.4 Å². The zero-order chi connectivity index (χ0) is 17.6. The van der Waals surface area contributed by atoms with Gasteiger partial charge in [-0.15, -0.1) is 0 Å². The van der Waals surface area contributed by atoms with Crippen LogP contribution in [-0.2, 0) is 0 Å². The third-order valence-electron chi connectivity index (χ3n) is 3.45. The fraction of sp³-hybridized carbons (Fsp3) is 0.167. The third-order valence-corrected chi connectivity index (χ3v) is 4.69. The van der Waals surface area contributed by atoms with Crippen molar-refractivity contribution >= 4 is 40.3 Å². The van der Waals surface area contributed by atoms with E-state index in [0.717, 1.165) is 10.4 Å². The normalized spacial score (nSPS) is 10.8. The average molecular weight is 373 g/mol. The maximum atomic E-state index is 12.5. The number of nitrogens with two attached hydrogens (primary N) is 1. The second kappa shape index (κ2) is 8.29. The van der Waals surface area contributed by atoms with Gasteiger partial charge in [-0.1, -0.05) is 35.5 Å². The average Bonchev–Trinajstić information content (AvgIpc) is 2.63. The molecule has 0 aliphatic heterocycles. The maximum Gasteiger partial charge on any atom is 0.272 e. The van der Waals surface area contributed by atoms with Crippen molar-refractivity contribution in [2.45, 2.75) is 16.3 Å². The number of benzene rings is 2. The molecule has 3 rings (SSSR count). The summed E-state index contributed by atoms with van der Waals surface area (Å²) in [6, 6.07) is 14.9. The number of nitrogens with zero attached hydrogens (tertiary/aromatic N) is 2. The molecule has 2 aromatic carbocycles. The molecule has 0 spiro atoms. The van der Waals surface area contributed by atoms with Gasteiger partial charge >= 0.3 is 0 Å². The summed E-state index contributed by atoms with van der Waals surface area (Å²) in [6.07, 6.45) is 0.715. The Morgan fingerprint density at radius 1 is 1.08 bits per heavy atom. The second-order valence-corrected chi connectivity index (χ2v) is 6.82. The summed E-state index contributed by atoms with van der Waals surface area (Å²) < 4.78 is 0. The highest BCUT2D eigenvalue weighted by atomic mass is 35.5. The van der Waals surface area contributed by atoms with Gasteiger partial charge in [0, 0.05) is 16.5 Å². The van der Waals surface area contributed by atoms with Crippen LogP contribution in [0.1, 0.15) is 16.9 Å². The van der Waals surface area contributed by atoms with E-state index in [1.165, 1.54) is 11.8 Å². The Hall–Kier alpha value is -2.15. The number of rotatable bonds is 6. The van der Waals surface area contributed by atoms with E-state index in [4.69, 9.17) is 17.3 Å². The minimum atomic E-state index is -0.247. The van der Waals surface area contributed by atoms with Gasteiger partial charge in [-0.2, -0.15) is 0 Å². The van der Waals surface area contributed by atoms with Gasteiger partial charge in [-0.25, -0.2) is 9.97 Å². The topological polar surface area (TPSA) is 80.9 Å². The zero-order valence-corrected chi connectivity index (χ0v) is 15.0. The number of halogens is 1. The first-order chi connectivity index (χ1) is 12.2. The van der Waals surface area contributed by atoms with Crippen LogP contribution in [0.15, 0.2) is 58.5 Å². The standard InChI is InChI=1S/C18H17ClN4OS/c19-12-6-8-13(9-7-12)25-18-16(17(24)21-11-3-10-20)22-14-4-1-2-5-15(14)23-18/h1-2,4-9H,3,10-11,20H2,(H,21,24). The second-order valence-electron chi connectivity index (χ2n) is 5.32. The summed E-state index contributed by atoms with van der Waals surface area (Å²) in [5.41, 5.74) is 7.23. The molecule has 3 N–H and O–H groups in total. The van der Waals surface area contributed by atoms with E-state index in [-0.39, 0.29) is 5.91 Å². The summed E-state index contributed by atoms with van der Waals surface area (Å²) in [7, 11) is 0. The van der Waals surface area contributed by atoms with Crippen LogP contribution in [0.4, 0.5) is 0 Å². The summed E-state index contributed by atoms with van der Waals surface area (Å²) in [5, 5.41) is 4.07. The SMILES string of the molecule is NCCCNC(=O)c1nc2ccccc2nc1Sc1ccc(Cl)cc1. The van der Waals surface area contributed by atoms with Gasteiger partial charge in [0.25, 0.3) is 5.91 Å². The Labute approximate surface area is 155 Å². The van der Waals surface area contributed by atoms with E-state index in [9.17, 15) is 4.79 Å². The Kier molecular flexibility index (Phi) is 5.86. The molecule has 25 heavy (non-hydrogen) atoms. The zero-order valence-electron chi connectivity index (χ0n) is 13.4. The van der Waals surface area contributed by atoms with Gasteiger partial charge in [-0.05, 0) is 49.4 Å². The number of carbonyl (C=O) groups excluding carboxylic acids is 1. The Morgan fingerprint density at radius 3 is 2.44 bits per heavy atom. The van der Waals surface area contributed by atoms with E-state index in [0.29, 0.717) is 40.8 Å². The molecule has 0 aliphatic rings. The molecule has 3 aromatic rings. The van der Waals surface area contributed by atoms with Crippen LogP contribution < -0.4 is 11.1 Å². The number of para-hydroxylation sites is 2. The lowest BCUT2D eigenvalue weighted by molar-refractivity contribution is 0.0945. The molecular weight excluding hydrogens is 356 g/mol. The van der Waals surface area contributed by atoms with Crippen LogP contribution in [-0.4, -0.2) is 29.0 Å². The molecule has 0 unspecified atom stereocenters. The van der Waals surface area contributed by atoms with E-state index in [1.54, 1.807) is 12.1 Å². The van der Waals surface area contributed by atoms with Crippen LogP contribution in [0.2, 0.25) is 5.02 Å². The highest BCUT2D eigenvalue weighted by Crippen LogP contribution is 2.30. The lowest BCUT2D eigenvalue weighted by atomic mass is 10.3. The highest BCUT2D eigenvalue weighted by Gasteiger charge is 2.17. The molecular formula is C18H17ClN4OS. The molecule has 0 fully saturated rings. The van der Waals surface area contributed by atoms with Gasteiger partial charge in [0.05, 0.1) is 11.0 Å². The van der Waals surface area contributed by atoms with Crippen molar-refractivity contribution in [2.75, 3.05) is 13.1 Å². The largest absolute Gasteiger partial charge is 0.351 e. The molecule has 0 saturated heterocycles. The van der Waals surface area contributed by atoms with E-state index >= 15 is 0 Å². The lowest BCUT2D eigenvalue weighted by Crippen LogP contribution is -2.27. The van der Waals surface area contributed by atoms with E-state index in [2.05, 4.69) is 15.3 Å². The Morgan fingerprint density at radius 2 is 1.76 bits per heavy atom. The molecule has 1 aromatic heterocycles. The van der Waals surface area contributed by atoms with E-state index < -0.39 is 0 Å². The molecule has 0 saturated carbocycles. The third kappa shape index (κ3) is 4.48. The minimum absolute atomic E-state index is 0.247. The van der Waals surface area contributed by atoms with Gasteiger partial charge < -0.3 is 11.1 Å². The number of nitrogens with one attached hydrogen (secondary N) is 1. The monoisotopic (exact) mass is 372 g/mol. The number of hydrogen-bond donors (Lipinski definition) is 2. The quantitative estimate of drug-likeness (QED) is 0.647. The Bertz CT molecular complexity index is 886. The Balaban J connectivity index is 1.96. The van der Waals surface area contributed by atoms with Gasteiger partial charge in [0.15, 0.2) is 5.69 Å². The molecule has 7 heteroatoms. The van der Waals surface area contributed by atoms with Crippen LogP contribution in [0, 0.1) is 0 Å². The highest BCUT2D eigenvalue weighted by molar-refractivity contribution is 7.99. The lowest BCUT2D eigenvalue weighted by Gasteiger charge is -2.10. The fourth-order valence-corrected chi connectivity index (χ4v) is 3.21. The van der Waals surface area contributed by atoms with Crippen molar-refractivity contribution in [3.05, 3.63) is 59.2 Å². The number of aromatic nitrogens is 2. The molecule has 0 radical (unpaired) electrons. The van der Waals surface area contributed by atoms with Crippen molar-refractivity contribution in [2.24, 2.45) is 5.73 Å².